The second-order valence-corrected chi connectivity index (χ2v) is 8.46. The predicted octanol–water partition coefficient (Wildman–Crippen LogP) is 6.47. The molecule has 0 radical (unpaired) electrons. The average Bonchev–Trinajstić information content (AvgIpc) is 2.75. The monoisotopic (exact) mass is 375 g/mol. The van der Waals surface area contributed by atoms with Gasteiger partial charge in [0.1, 0.15) is 0 Å². The molecular weight excluding hydrogens is 346 g/mol. The van der Waals surface area contributed by atoms with Gasteiger partial charge in [-0.1, -0.05) is 98.2 Å². The fourth-order valence-electron chi connectivity index (χ4n) is 4.60. The lowest BCUT2D eigenvalue weighted by atomic mass is 9.78. The van der Waals surface area contributed by atoms with E-state index in [-0.39, 0.29) is 5.54 Å². The minimum absolute atomic E-state index is 0.0552. The Kier molecular flexibility index (Phi) is 5.85. The molecule has 0 amide bonds. The van der Waals surface area contributed by atoms with E-state index in [0.29, 0.717) is 6.04 Å². The van der Waals surface area contributed by atoms with Gasteiger partial charge in [-0.2, -0.15) is 0 Å². The quantitative estimate of drug-likeness (QED) is 0.365. The number of hydrogen-bond donors (Lipinski definition) is 1. The first-order valence-corrected chi connectivity index (χ1v) is 10.8. The van der Waals surface area contributed by atoms with Crippen LogP contribution in [0.4, 0.5) is 0 Å². The molecule has 1 fully saturated rings. The average molecular weight is 376 g/mol. The fourth-order valence-corrected chi connectivity index (χ4v) is 4.98. The standard InChI is InChI=1S/C25H29NS/c27-24(22-16-14-21(15-17-22)20-10-4-1-5-11-20)25(18-8-3-9-19-25)26-23-12-6-2-7-13-23/h1,3-5,8,10-11,14-17,23,26H,2,6-7,9,12-13,18-19H2. The lowest BCUT2D eigenvalue weighted by Gasteiger charge is -2.41. The summed E-state index contributed by atoms with van der Waals surface area (Å²) in [5.41, 5.74) is 3.65. The van der Waals surface area contributed by atoms with Crippen molar-refractivity contribution in [2.45, 2.75) is 62.9 Å². The number of thiocarbonyl (C=S) groups is 1. The van der Waals surface area contributed by atoms with Gasteiger partial charge in [0.05, 0.1) is 5.54 Å². The number of hydrogen-bond acceptors (Lipinski definition) is 2. The van der Waals surface area contributed by atoms with Gasteiger partial charge in [-0.25, -0.2) is 0 Å². The van der Waals surface area contributed by atoms with Crippen LogP contribution in [-0.2, 0) is 0 Å². The molecule has 0 aliphatic heterocycles. The molecule has 27 heavy (non-hydrogen) atoms. The molecule has 0 spiro atoms. The van der Waals surface area contributed by atoms with Gasteiger partial charge in [0.15, 0.2) is 0 Å². The largest absolute Gasteiger partial charge is 0.304 e. The maximum atomic E-state index is 6.08. The van der Waals surface area contributed by atoms with E-state index in [9.17, 15) is 0 Å². The first-order valence-electron chi connectivity index (χ1n) is 10.4. The van der Waals surface area contributed by atoms with E-state index in [1.54, 1.807) is 0 Å². The highest BCUT2D eigenvalue weighted by atomic mass is 32.1. The van der Waals surface area contributed by atoms with E-state index >= 15 is 0 Å². The van der Waals surface area contributed by atoms with Crippen molar-refractivity contribution in [1.29, 1.82) is 0 Å². The molecule has 1 saturated carbocycles. The highest BCUT2D eigenvalue weighted by molar-refractivity contribution is 7.81. The second-order valence-electron chi connectivity index (χ2n) is 8.05. The normalized spacial score (nSPS) is 23.3. The van der Waals surface area contributed by atoms with Crippen molar-refractivity contribution in [3.05, 3.63) is 72.3 Å². The van der Waals surface area contributed by atoms with E-state index in [4.69, 9.17) is 12.2 Å². The Labute approximate surface area is 168 Å². The van der Waals surface area contributed by atoms with Crippen molar-refractivity contribution in [2.24, 2.45) is 0 Å². The van der Waals surface area contributed by atoms with Crippen molar-refractivity contribution in [2.75, 3.05) is 0 Å². The molecule has 2 aromatic carbocycles. The molecular formula is C25H29NS. The highest BCUT2D eigenvalue weighted by Crippen LogP contribution is 2.32. The van der Waals surface area contributed by atoms with Gasteiger partial charge >= 0.3 is 0 Å². The molecule has 140 valence electrons. The van der Waals surface area contributed by atoms with E-state index < -0.39 is 0 Å². The lowest BCUT2D eigenvalue weighted by molar-refractivity contribution is 0.291. The van der Waals surface area contributed by atoms with Crippen molar-refractivity contribution in [1.82, 2.24) is 5.32 Å². The zero-order chi connectivity index (χ0) is 18.5. The Morgan fingerprint density at radius 2 is 1.56 bits per heavy atom. The molecule has 0 saturated heterocycles. The predicted molar refractivity (Wildman–Crippen MR) is 119 cm³/mol. The molecule has 4 rings (SSSR count). The SMILES string of the molecule is S=C(c1ccc(-c2ccccc2)cc1)C1(NC2CCCCC2)CC=CCC1. The summed E-state index contributed by atoms with van der Waals surface area (Å²) in [6.45, 7) is 0. The third-order valence-corrected chi connectivity index (χ3v) is 6.77. The van der Waals surface area contributed by atoms with Crippen LogP contribution in [0, 0.1) is 0 Å². The molecule has 1 N–H and O–H groups in total. The first kappa shape index (κ1) is 18.6. The van der Waals surface area contributed by atoms with Crippen LogP contribution in [0.15, 0.2) is 66.7 Å². The number of allylic oxidation sites excluding steroid dienone is 1. The summed E-state index contributed by atoms with van der Waals surface area (Å²) in [5.74, 6) is 0. The Hall–Kier alpha value is -1.77. The molecule has 2 aliphatic carbocycles. The van der Waals surface area contributed by atoms with Crippen molar-refractivity contribution in [3.63, 3.8) is 0 Å². The third-order valence-electron chi connectivity index (χ3n) is 6.15. The van der Waals surface area contributed by atoms with Crippen LogP contribution in [-0.4, -0.2) is 16.4 Å². The second kappa shape index (κ2) is 8.50. The van der Waals surface area contributed by atoms with Gasteiger partial charge < -0.3 is 5.32 Å². The van der Waals surface area contributed by atoms with Crippen molar-refractivity contribution >= 4 is 17.1 Å². The smallest absolute Gasteiger partial charge is 0.0583 e. The van der Waals surface area contributed by atoms with Crippen LogP contribution in [0.5, 0.6) is 0 Å². The minimum Gasteiger partial charge on any atom is -0.304 e. The van der Waals surface area contributed by atoms with Gasteiger partial charge in [0.2, 0.25) is 0 Å². The Bertz CT molecular complexity index is 787. The maximum absolute atomic E-state index is 6.08. The maximum Gasteiger partial charge on any atom is 0.0583 e. The van der Waals surface area contributed by atoms with Crippen molar-refractivity contribution < 1.29 is 0 Å². The lowest BCUT2D eigenvalue weighted by Crippen LogP contribution is -2.56. The third kappa shape index (κ3) is 4.23. The number of nitrogens with one attached hydrogen (secondary N) is 1. The fraction of sp³-hybridized carbons (Fsp3) is 0.400. The molecule has 2 aliphatic rings. The minimum atomic E-state index is -0.0552. The van der Waals surface area contributed by atoms with Gasteiger partial charge in [0, 0.05) is 10.9 Å². The van der Waals surface area contributed by atoms with Crippen LogP contribution in [0.1, 0.15) is 56.9 Å². The van der Waals surface area contributed by atoms with E-state index in [2.05, 4.69) is 72.1 Å². The molecule has 2 aromatic rings. The molecule has 1 unspecified atom stereocenters. The molecule has 0 bridgehead atoms. The first-order chi connectivity index (χ1) is 13.3. The van der Waals surface area contributed by atoms with Gasteiger partial charge in [-0.05, 0) is 48.8 Å². The molecule has 1 nitrogen and oxygen atoms in total. The molecule has 2 heteroatoms. The molecule has 0 aromatic heterocycles. The van der Waals surface area contributed by atoms with Crippen LogP contribution < -0.4 is 5.32 Å². The molecule has 0 heterocycles. The molecule has 1 atom stereocenters. The van der Waals surface area contributed by atoms with Gasteiger partial charge in [-0.15, -0.1) is 0 Å². The van der Waals surface area contributed by atoms with Gasteiger partial charge in [0.25, 0.3) is 0 Å². The Morgan fingerprint density at radius 1 is 0.852 bits per heavy atom. The van der Waals surface area contributed by atoms with Crippen molar-refractivity contribution in [3.8, 4) is 11.1 Å². The summed E-state index contributed by atoms with van der Waals surface area (Å²) in [6.07, 6.45) is 14.5. The summed E-state index contributed by atoms with van der Waals surface area (Å²) in [7, 11) is 0. The van der Waals surface area contributed by atoms with E-state index in [0.717, 1.165) is 24.1 Å². The van der Waals surface area contributed by atoms with E-state index in [1.807, 2.05) is 0 Å². The highest BCUT2D eigenvalue weighted by Gasteiger charge is 2.37. The summed E-state index contributed by atoms with van der Waals surface area (Å²) < 4.78 is 0. The summed E-state index contributed by atoms with van der Waals surface area (Å²) in [4.78, 5) is 1.09. The van der Waals surface area contributed by atoms with Crippen LogP contribution >= 0.6 is 12.2 Å². The zero-order valence-electron chi connectivity index (χ0n) is 16.0. The van der Waals surface area contributed by atoms with Crippen LogP contribution in [0.3, 0.4) is 0 Å². The summed E-state index contributed by atoms with van der Waals surface area (Å²) in [5, 5.41) is 4.02. The topological polar surface area (TPSA) is 12.0 Å². The van der Waals surface area contributed by atoms with Crippen LogP contribution in [0.25, 0.3) is 11.1 Å². The van der Waals surface area contributed by atoms with Gasteiger partial charge in [-0.3, -0.25) is 0 Å². The Balaban J connectivity index is 1.56. The number of rotatable bonds is 5. The number of benzene rings is 2. The summed E-state index contributed by atoms with van der Waals surface area (Å²) >= 11 is 6.08. The Morgan fingerprint density at radius 3 is 2.22 bits per heavy atom. The zero-order valence-corrected chi connectivity index (χ0v) is 16.8. The van der Waals surface area contributed by atoms with Crippen LogP contribution in [0.2, 0.25) is 0 Å². The van der Waals surface area contributed by atoms with E-state index in [1.165, 1.54) is 48.8 Å². The summed E-state index contributed by atoms with van der Waals surface area (Å²) in [6, 6.07) is 20.0.